The van der Waals surface area contributed by atoms with Crippen molar-refractivity contribution >= 4 is 0 Å². The lowest BCUT2D eigenvalue weighted by Gasteiger charge is -2.21. The van der Waals surface area contributed by atoms with Crippen molar-refractivity contribution < 1.29 is 9.15 Å². The molecule has 0 radical (unpaired) electrons. The Bertz CT molecular complexity index is 370. The van der Waals surface area contributed by atoms with Gasteiger partial charge >= 0.3 is 0 Å². The van der Waals surface area contributed by atoms with Crippen molar-refractivity contribution in [2.24, 2.45) is 5.73 Å². The minimum atomic E-state index is 0.0259. The van der Waals surface area contributed by atoms with Gasteiger partial charge in [0.05, 0.1) is 0 Å². The van der Waals surface area contributed by atoms with Gasteiger partial charge < -0.3 is 14.9 Å². The van der Waals surface area contributed by atoms with E-state index in [9.17, 15) is 0 Å². The smallest absolute Gasteiger partial charge is 0.113 e. The average Bonchev–Trinajstić information content (AvgIpc) is 2.74. The van der Waals surface area contributed by atoms with E-state index < -0.39 is 0 Å². The summed E-state index contributed by atoms with van der Waals surface area (Å²) in [6.45, 7) is 8.73. The molecule has 1 saturated heterocycles. The van der Waals surface area contributed by atoms with Crippen molar-refractivity contribution in [3.8, 4) is 0 Å². The molecule has 0 amide bonds. The zero-order valence-corrected chi connectivity index (χ0v) is 11.1. The lowest BCUT2D eigenvalue weighted by atomic mass is 9.90. The second-order valence-electron chi connectivity index (χ2n) is 5.84. The van der Waals surface area contributed by atoms with Crippen LogP contribution in [0, 0.1) is 0 Å². The standard InChI is InChI=1S/C14H23NO2/c1-14(2,3)13-11(9-15)8-12(17-13)10-4-6-16-7-5-10/h8,10H,4-7,9,15H2,1-3H3. The van der Waals surface area contributed by atoms with Gasteiger partial charge in [-0.3, -0.25) is 0 Å². The third kappa shape index (κ3) is 2.72. The van der Waals surface area contributed by atoms with E-state index in [1.54, 1.807) is 0 Å². The molecule has 2 rings (SSSR count). The third-order valence-corrected chi connectivity index (χ3v) is 3.35. The molecule has 2 N–H and O–H groups in total. The molecule has 0 unspecified atom stereocenters. The molecule has 1 fully saturated rings. The molecule has 3 heteroatoms. The van der Waals surface area contributed by atoms with Crippen LogP contribution in [0.2, 0.25) is 0 Å². The van der Waals surface area contributed by atoms with Gasteiger partial charge in [-0.2, -0.15) is 0 Å². The van der Waals surface area contributed by atoms with Crippen LogP contribution in [0.25, 0.3) is 0 Å². The highest BCUT2D eigenvalue weighted by molar-refractivity contribution is 5.28. The van der Waals surface area contributed by atoms with Gasteiger partial charge in [0.2, 0.25) is 0 Å². The maximum absolute atomic E-state index is 6.07. The fourth-order valence-electron chi connectivity index (χ4n) is 2.42. The molecule has 0 aromatic carbocycles. The fourth-order valence-corrected chi connectivity index (χ4v) is 2.42. The molecule has 96 valence electrons. The van der Waals surface area contributed by atoms with Gasteiger partial charge in [0.15, 0.2) is 0 Å². The molecule has 1 aliphatic heterocycles. The van der Waals surface area contributed by atoms with Crippen molar-refractivity contribution in [3.63, 3.8) is 0 Å². The van der Waals surface area contributed by atoms with Crippen LogP contribution in [0.15, 0.2) is 10.5 Å². The minimum Gasteiger partial charge on any atom is -0.465 e. The third-order valence-electron chi connectivity index (χ3n) is 3.35. The maximum atomic E-state index is 6.07. The van der Waals surface area contributed by atoms with Crippen molar-refractivity contribution in [1.82, 2.24) is 0 Å². The Hall–Kier alpha value is -0.800. The van der Waals surface area contributed by atoms with E-state index in [4.69, 9.17) is 14.9 Å². The predicted molar refractivity (Wildman–Crippen MR) is 68.1 cm³/mol. The number of nitrogens with two attached hydrogens (primary N) is 1. The van der Waals surface area contributed by atoms with E-state index >= 15 is 0 Å². The first-order valence-corrected chi connectivity index (χ1v) is 6.43. The van der Waals surface area contributed by atoms with Gasteiger partial charge in [-0.15, -0.1) is 0 Å². The van der Waals surface area contributed by atoms with Crippen molar-refractivity contribution in [2.75, 3.05) is 13.2 Å². The Morgan fingerprint density at radius 3 is 2.41 bits per heavy atom. The number of rotatable bonds is 2. The second-order valence-corrected chi connectivity index (χ2v) is 5.84. The number of furan rings is 1. The van der Waals surface area contributed by atoms with Gasteiger partial charge in [0.25, 0.3) is 0 Å². The van der Waals surface area contributed by atoms with Crippen LogP contribution in [0.1, 0.15) is 56.6 Å². The van der Waals surface area contributed by atoms with Crippen LogP contribution in [-0.2, 0) is 16.7 Å². The van der Waals surface area contributed by atoms with E-state index in [0.717, 1.165) is 43.1 Å². The highest BCUT2D eigenvalue weighted by atomic mass is 16.5. The summed E-state index contributed by atoms with van der Waals surface area (Å²) in [5, 5.41) is 0. The van der Waals surface area contributed by atoms with Crippen molar-refractivity contribution in [3.05, 3.63) is 23.2 Å². The van der Waals surface area contributed by atoms with E-state index in [2.05, 4.69) is 26.8 Å². The average molecular weight is 237 g/mol. The zero-order valence-electron chi connectivity index (χ0n) is 11.1. The fraction of sp³-hybridized carbons (Fsp3) is 0.714. The van der Waals surface area contributed by atoms with Crippen molar-refractivity contribution in [1.29, 1.82) is 0 Å². The summed E-state index contributed by atoms with van der Waals surface area (Å²) >= 11 is 0. The van der Waals surface area contributed by atoms with Crippen LogP contribution in [0.3, 0.4) is 0 Å². The molecule has 0 spiro atoms. The summed E-state index contributed by atoms with van der Waals surface area (Å²) in [6, 6.07) is 2.15. The quantitative estimate of drug-likeness (QED) is 0.860. The van der Waals surface area contributed by atoms with E-state index in [1.807, 2.05) is 0 Å². The summed E-state index contributed by atoms with van der Waals surface area (Å²) < 4.78 is 11.5. The van der Waals surface area contributed by atoms with Crippen LogP contribution in [-0.4, -0.2) is 13.2 Å². The Labute approximate surface area is 103 Å². The highest BCUT2D eigenvalue weighted by Crippen LogP contribution is 2.35. The molecule has 1 aromatic heterocycles. The Balaban J connectivity index is 2.27. The van der Waals surface area contributed by atoms with Gasteiger partial charge in [-0.25, -0.2) is 0 Å². The minimum absolute atomic E-state index is 0.0259. The number of ether oxygens (including phenoxy) is 1. The van der Waals surface area contributed by atoms with Gasteiger partial charge in [-0.05, 0) is 18.9 Å². The van der Waals surface area contributed by atoms with Gasteiger partial charge in [0, 0.05) is 36.7 Å². The molecule has 0 saturated carbocycles. The molecule has 17 heavy (non-hydrogen) atoms. The molecule has 1 aliphatic rings. The first-order valence-electron chi connectivity index (χ1n) is 6.43. The monoisotopic (exact) mass is 237 g/mol. The SMILES string of the molecule is CC(C)(C)c1oc(C2CCOCC2)cc1CN. The molecular weight excluding hydrogens is 214 g/mol. The molecule has 2 heterocycles. The molecule has 1 aromatic rings. The first kappa shape index (κ1) is 12.7. The van der Waals surface area contributed by atoms with Crippen LogP contribution >= 0.6 is 0 Å². The second kappa shape index (κ2) is 4.83. The molecular formula is C14H23NO2. The van der Waals surface area contributed by atoms with E-state index in [0.29, 0.717) is 12.5 Å². The van der Waals surface area contributed by atoms with Crippen LogP contribution < -0.4 is 5.73 Å². The first-order chi connectivity index (χ1) is 8.02. The largest absolute Gasteiger partial charge is 0.465 e. The summed E-state index contributed by atoms with van der Waals surface area (Å²) in [5.74, 6) is 2.64. The van der Waals surface area contributed by atoms with Crippen LogP contribution in [0.4, 0.5) is 0 Å². The lowest BCUT2D eigenvalue weighted by molar-refractivity contribution is 0.0801. The molecule has 0 atom stereocenters. The lowest BCUT2D eigenvalue weighted by Crippen LogP contribution is -2.14. The van der Waals surface area contributed by atoms with E-state index in [1.165, 1.54) is 0 Å². The molecule has 0 bridgehead atoms. The Kier molecular flexibility index (Phi) is 3.59. The topological polar surface area (TPSA) is 48.4 Å². The normalized spacial score (nSPS) is 18.6. The predicted octanol–water partition coefficient (Wildman–Crippen LogP) is 2.93. The molecule has 3 nitrogen and oxygen atoms in total. The van der Waals surface area contributed by atoms with Crippen molar-refractivity contribution in [2.45, 2.75) is 51.5 Å². The summed E-state index contributed by atoms with van der Waals surface area (Å²) in [5.41, 5.74) is 6.98. The maximum Gasteiger partial charge on any atom is 0.113 e. The Morgan fingerprint density at radius 1 is 1.29 bits per heavy atom. The Morgan fingerprint density at radius 2 is 1.94 bits per heavy atom. The zero-order chi connectivity index (χ0) is 12.5. The highest BCUT2D eigenvalue weighted by Gasteiger charge is 2.26. The van der Waals surface area contributed by atoms with Gasteiger partial charge in [0.1, 0.15) is 11.5 Å². The number of hydrogen-bond acceptors (Lipinski definition) is 3. The van der Waals surface area contributed by atoms with Crippen LogP contribution in [0.5, 0.6) is 0 Å². The van der Waals surface area contributed by atoms with E-state index in [-0.39, 0.29) is 5.41 Å². The summed E-state index contributed by atoms with van der Waals surface area (Å²) in [7, 11) is 0. The summed E-state index contributed by atoms with van der Waals surface area (Å²) in [6.07, 6.45) is 2.11. The number of hydrogen-bond donors (Lipinski definition) is 1. The van der Waals surface area contributed by atoms with Gasteiger partial charge in [-0.1, -0.05) is 20.8 Å². The molecule has 0 aliphatic carbocycles. The summed E-state index contributed by atoms with van der Waals surface area (Å²) in [4.78, 5) is 0.